The molecule has 0 radical (unpaired) electrons. The zero-order chi connectivity index (χ0) is 16.9. The first-order valence-electron chi connectivity index (χ1n) is 8.78. The second-order valence-corrected chi connectivity index (χ2v) is 7.57. The van der Waals surface area contributed by atoms with E-state index < -0.39 is 0 Å². The smallest absolute Gasteiger partial charge is 0.0914 e. The Balaban J connectivity index is 2.17. The maximum Gasteiger partial charge on any atom is 0.0914 e. The lowest BCUT2D eigenvalue weighted by Crippen LogP contribution is -2.19. The first-order chi connectivity index (χ1) is 10.9. The van der Waals surface area contributed by atoms with Gasteiger partial charge in [-0.25, -0.2) is 0 Å². The highest BCUT2D eigenvalue weighted by Crippen LogP contribution is 2.40. The molecule has 0 aromatic rings. The van der Waals surface area contributed by atoms with Gasteiger partial charge in [-0.1, -0.05) is 49.3 Å². The molecule has 0 bridgehead atoms. The number of allylic oxidation sites excluding steroid dienone is 10. The van der Waals surface area contributed by atoms with Crippen LogP contribution >= 0.6 is 0 Å². The average Bonchev–Trinajstić information content (AvgIpc) is 2.46. The van der Waals surface area contributed by atoms with Crippen molar-refractivity contribution in [3.05, 3.63) is 58.2 Å². The third kappa shape index (κ3) is 4.83. The summed E-state index contributed by atoms with van der Waals surface area (Å²) < 4.78 is 0. The standard InChI is InChI=1S/C22H29N/c1-17(15-20-9-5-8-19(16-20)12-14-23)10-11-21-18(2)7-6-13-22(21,3)4/h10-12,15-16H,5-9,13H2,1-4H3/b11-10+,17-15-,19-12+. The van der Waals surface area contributed by atoms with E-state index in [0.717, 1.165) is 24.8 Å². The minimum Gasteiger partial charge on any atom is -0.193 e. The molecule has 1 heteroatoms. The fourth-order valence-electron chi connectivity index (χ4n) is 3.76. The van der Waals surface area contributed by atoms with Crippen molar-refractivity contribution in [2.75, 3.05) is 0 Å². The summed E-state index contributed by atoms with van der Waals surface area (Å²) in [7, 11) is 0. The van der Waals surface area contributed by atoms with Crippen molar-refractivity contribution in [1.82, 2.24) is 0 Å². The van der Waals surface area contributed by atoms with Crippen LogP contribution in [-0.2, 0) is 0 Å². The summed E-state index contributed by atoms with van der Waals surface area (Å²) >= 11 is 0. The van der Waals surface area contributed by atoms with Crippen molar-refractivity contribution in [3.8, 4) is 6.07 Å². The summed E-state index contributed by atoms with van der Waals surface area (Å²) in [5, 5.41) is 8.80. The van der Waals surface area contributed by atoms with Gasteiger partial charge in [-0.15, -0.1) is 0 Å². The van der Waals surface area contributed by atoms with Crippen LogP contribution in [0.25, 0.3) is 0 Å². The van der Waals surface area contributed by atoms with E-state index in [2.05, 4.69) is 58.1 Å². The highest BCUT2D eigenvalue weighted by Gasteiger charge is 2.26. The average molecular weight is 307 g/mol. The molecule has 2 aliphatic carbocycles. The van der Waals surface area contributed by atoms with Crippen molar-refractivity contribution < 1.29 is 0 Å². The van der Waals surface area contributed by atoms with Crippen LogP contribution in [0.3, 0.4) is 0 Å². The Kier molecular flexibility index (Phi) is 5.83. The maximum absolute atomic E-state index is 8.80. The molecule has 122 valence electrons. The molecule has 2 aliphatic rings. The maximum atomic E-state index is 8.80. The zero-order valence-corrected chi connectivity index (χ0v) is 15.1. The van der Waals surface area contributed by atoms with Gasteiger partial charge in [0.15, 0.2) is 0 Å². The van der Waals surface area contributed by atoms with E-state index in [4.69, 9.17) is 5.26 Å². The van der Waals surface area contributed by atoms with Crippen LogP contribution in [0.5, 0.6) is 0 Å². The van der Waals surface area contributed by atoms with Gasteiger partial charge in [0, 0.05) is 6.08 Å². The normalized spacial score (nSPS) is 24.0. The van der Waals surface area contributed by atoms with Gasteiger partial charge in [0.1, 0.15) is 0 Å². The largest absolute Gasteiger partial charge is 0.193 e. The Morgan fingerprint density at radius 1 is 1.22 bits per heavy atom. The molecular weight excluding hydrogens is 278 g/mol. The lowest BCUT2D eigenvalue weighted by Gasteiger charge is -2.33. The van der Waals surface area contributed by atoms with E-state index in [0.29, 0.717) is 5.41 Å². The van der Waals surface area contributed by atoms with Gasteiger partial charge < -0.3 is 0 Å². The molecule has 23 heavy (non-hydrogen) atoms. The van der Waals surface area contributed by atoms with Crippen LogP contribution in [-0.4, -0.2) is 0 Å². The van der Waals surface area contributed by atoms with Crippen LogP contribution < -0.4 is 0 Å². The highest BCUT2D eigenvalue weighted by molar-refractivity contribution is 5.41. The molecule has 1 nitrogen and oxygen atoms in total. The van der Waals surface area contributed by atoms with Crippen LogP contribution in [0.2, 0.25) is 0 Å². The van der Waals surface area contributed by atoms with E-state index in [1.165, 1.54) is 36.0 Å². The summed E-state index contributed by atoms with van der Waals surface area (Å²) in [4.78, 5) is 0. The van der Waals surface area contributed by atoms with Crippen LogP contribution in [0, 0.1) is 16.7 Å². The number of nitriles is 1. The highest BCUT2D eigenvalue weighted by atomic mass is 14.3. The molecule has 0 aromatic heterocycles. The molecule has 0 saturated heterocycles. The Morgan fingerprint density at radius 3 is 2.70 bits per heavy atom. The molecule has 0 fully saturated rings. The van der Waals surface area contributed by atoms with Crippen molar-refractivity contribution in [1.29, 1.82) is 5.26 Å². The van der Waals surface area contributed by atoms with Crippen molar-refractivity contribution in [3.63, 3.8) is 0 Å². The topological polar surface area (TPSA) is 23.8 Å². The molecule has 0 saturated carbocycles. The van der Waals surface area contributed by atoms with E-state index in [-0.39, 0.29) is 0 Å². The van der Waals surface area contributed by atoms with Crippen molar-refractivity contribution in [2.24, 2.45) is 5.41 Å². The van der Waals surface area contributed by atoms with Gasteiger partial charge in [0.2, 0.25) is 0 Å². The predicted octanol–water partition coefficient (Wildman–Crippen LogP) is 6.58. The second kappa shape index (κ2) is 7.64. The van der Waals surface area contributed by atoms with Crippen molar-refractivity contribution >= 4 is 0 Å². The molecule has 0 N–H and O–H groups in total. The van der Waals surface area contributed by atoms with Crippen molar-refractivity contribution in [2.45, 2.75) is 66.2 Å². The third-order valence-electron chi connectivity index (χ3n) is 5.02. The van der Waals surface area contributed by atoms with E-state index in [1.54, 1.807) is 11.6 Å². The summed E-state index contributed by atoms with van der Waals surface area (Å²) in [5.74, 6) is 0. The van der Waals surface area contributed by atoms with Gasteiger partial charge >= 0.3 is 0 Å². The summed E-state index contributed by atoms with van der Waals surface area (Å²) in [6, 6.07) is 2.15. The lowest BCUT2D eigenvalue weighted by atomic mass is 9.72. The van der Waals surface area contributed by atoms with Gasteiger partial charge in [-0.3, -0.25) is 0 Å². The summed E-state index contributed by atoms with van der Waals surface area (Å²) in [6.07, 6.45) is 17.8. The van der Waals surface area contributed by atoms with Crippen LogP contribution in [0.15, 0.2) is 58.2 Å². The number of hydrogen-bond donors (Lipinski definition) is 0. The monoisotopic (exact) mass is 307 g/mol. The molecule has 0 heterocycles. The zero-order valence-electron chi connectivity index (χ0n) is 15.1. The van der Waals surface area contributed by atoms with Gasteiger partial charge in [-0.05, 0) is 74.5 Å². The minimum absolute atomic E-state index is 0.298. The first-order valence-corrected chi connectivity index (χ1v) is 8.78. The molecule has 2 rings (SSSR count). The molecule has 0 unspecified atom stereocenters. The van der Waals surface area contributed by atoms with Gasteiger partial charge in [0.05, 0.1) is 6.07 Å². The van der Waals surface area contributed by atoms with E-state index >= 15 is 0 Å². The van der Waals surface area contributed by atoms with Crippen LogP contribution in [0.1, 0.15) is 66.2 Å². The Morgan fingerprint density at radius 2 is 2.00 bits per heavy atom. The first kappa shape index (κ1) is 17.5. The predicted molar refractivity (Wildman–Crippen MR) is 98.9 cm³/mol. The molecule has 0 spiro atoms. The Bertz CT molecular complexity index is 642. The lowest BCUT2D eigenvalue weighted by molar-refractivity contribution is 0.377. The fraction of sp³-hybridized carbons (Fsp3) is 0.500. The molecule has 0 atom stereocenters. The van der Waals surface area contributed by atoms with E-state index in [9.17, 15) is 0 Å². The van der Waals surface area contributed by atoms with Gasteiger partial charge in [0.25, 0.3) is 0 Å². The van der Waals surface area contributed by atoms with Gasteiger partial charge in [-0.2, -0.15) is 5.26 Å². The molecule has 0 aromatic carbocycles. The van der Waals surface area contributed by atoms with Crippen LogP contribution in [0.4, 0.5) is 0 Å². The Hall–Kier alpha value is -1.81. The minimum atomic E-state index is 0.298. The number of nitrogens with zero attached hydrogens (tertiary/aromatic N) is 1. The fourth-order valence-corrected chi connectivity index (χ4v) is 3.76. The molecular formula is C22H29N. The molecule has 0 amide bonds. The third-order valence-corrected chi connectivity index (χ3v) is 5.02. The number of rotatable bonds is 3. The SMILES string of the molecule is CC1=C(/C=C/C(C)=C\C2=CC(=C/C#N)/CCC2)C(C)(C)CCC1. The summed E-state index contributed by atoms with van der Waals surface area (Å²) in [5.41, 5.74) is 7.14. The Labute approximate surface area is 141 Å². The number of hydrogen-bond acceptors (Lipinski definition) is 1. The second-order valence-electron chi connectivity index (χ2n) is 7.57. The molecule has 0 aliphatic heterocycles. The summed E-state index contributed by atoms with van der Waals surface area (Å²) in [6.45, 7) is 9.17. The quantitative estimate of drug-likeness (QED) is 0.427. The van der Waals surface area contributed by atoms with E-state index in [1.807, 2.05) is 0 Å².